The molecule has 0 radical (unpaired) electrons. The highest BCUT2D eigenvalue weighted by atomic mass is 15.1. The number of nitrogens with zero attached hydrogens (tertiary/aromatic N) is 8. The minimum Gasteiger partial charge on any atom is -0.327 e. The van der Waals surface area contributed by atoms with E-state index in [1.54, 1.807) is 0 Å². The van der Waals surface area contributed by atoms with Crippen LogP contribution in [0.1, 0.15) is 45.2 Å². The van der Waals surface area contributed by atoms with Crippen molar-refractivity contribution in [1.82, 2.24) is 39.5 Å². The summed E-state index contributed by atoms with van der Waals surface area (Å²) in [5, 5.41) is 0. The third-order valence-corrected chi connectivity index (χ3v) is 13.1. The van der Waals surface area contributed by atoms with Crippen LogP contribution >= 0.6 is 0 Å². The van der Waals surface area contributed by atoms with E-state index < -0.39 is 0 Å². The maximum atomic E-state index is 5.23. The van der Waals surface area contributed by atoms with Crippen LogP contribution in [0.15, 0.2) is 200 Å². The molecule has 66 heavy (non-hydrogen) atoms. The molecule has 310 valence electrons. The van der Waals surface area contributed by atoms with E-state index in [9.17, 15) is 0 Å². The molecule has 0 amide bonds. The number of fused-ring (bicyclic) bond motifs is 1. The zero-order valence-corrected chi connectivity index (χ0v) is 35.8. The molecule has 2 bridgehead atoms. The predicted octanol–water partition coefficient (Wildman–Crippen LogP) is 12.6. The Bertz CT molecular complexity index is 3620. The molecule has 11 aromatic rings. The minimum atomic E-state index is 0.0169. The van der Waals surface area contributed by atoms with Crippen LogP contribution in [0.5, 0.6) is 0 Å². The lowest BCUT2D eigenvalue weighted by Crippen LogP contribution is -2.27. The molecule has 0 aliphatic heterocycles. The van der Waals surface area contributed by atoms with Crippen LogP contribution in [-0.2, 0) is 7.05 Å². The second-order valence-electron chi connectivity index (χ2n) is 17.0. The third kappa shape index (κ3) is 6.25. The smallest absolute Gasteiger partial charge is 0.164 e. The fourth-order valence-corrected chi connectivity index (χ4v) is 9.98. The van der Waals surface area contributed by atoms with Gasteiger partial charge in [-0.1, -0.05) is 170 Å². The monoisotopic (exact) mass is 846 g/mol. The van der Waals surface area contributed by atoms with Gasteiger partial charge in [0.25, 0.3) is 0 Å². The summed E-state index contributed by atoms with van der Waals surface area (Å²) in [6, 6.07) is 69.4. The average Bonchev–Trinajstić information content (AvgIpc) is 3.74. The molecule has 8 heteroatoms. The molecule has 0 N–H and O–H groups in total. The van der Waals surface area contributed by atoms with E-state index in [1.807, 2.05) is 97.1 Å². The largest absolute Gasteiger partial charge is 0.327 e. The summed E-state index contributed by atoms with van der Waals surface area (Å²) in [6.45, 7) is 0. The maximum Gasteiger partial charge on any atom is 0.164 e. The Morgan fingerprint density at radius 2 is 0.652 bits per heavy atom. The van der Waals surface area contributed by atoms with Crippen molar-refractivity contribution in [3.05, 3.63) is 234 Å². The number of imidazole rings is 1. The van der Waals surface area contributed by atoms with Crippen LogP contribution in [0.4, 0.5) is 0 Å². The molecule has 8 nitrogen and oxygen atoms in total. The van der Waals surface area contributed by atoms with E-state index in [0.29, 0.717) is 34.9 Å². The number of aromatic nitrogens is 8. The minimum absolute atomic E-state index is 0.0169. The Labute approximate surface area is 381 Å². The lowest BCUT2D eigenvalue weighted by Gasteiger charge is -2.42. The molecule has 8 aromatic carbocycles. The predicted molar refractivity (Wildman–Crippen MR) is 260 cm³/mol. The van der Waals surface area contributed by atoms with Gasteiger partial charge in [0.2, 0.25) is 0 Å². The first-order valence-corrected chi connectivity index (χ1v) is 22.2. The molecule has 0 saturated heterocycles. The van der Waals surface area contributed by atoms with E-state index in [0.717, 1.165) is 55.8 Å². The molecule has 3 aromatic heterocycles. The van der Waals surface area contributed by atoms with E-state index in [4.69, 9.17) is 34.9 Å². The molecular formula is C58H38N8. The Hall–Kier alpha value is -8.75. The number of para-hydroxylation sites is 2. The first kappa shape index (κ1) is 37.8. The van der Waals surface area contributed by atoms with Crippen LogP contribution < -0.4 is 0 Å². The Balaban J connectivity index is 0.926. The van der Waals surface area contributed by atoms with Crippen molar-refractivity contribution in [2.24, 2.45) is 7.05 Å². The fourth-order valence-electron chi connectivity index (χ4n) is 9.98. The Kier molecular flexibility index (Phi) is 8.70. The van der Waals surface area contributed by atoms with Gasteiger partial charge in [-0.3, -0.25) is 0 Å². The highest BCUT2D eigenvalue weighted by Gasteiger charge is 2.41. The molecule has 3 aliphatic rings. The van der Waals surface area contributed by atoms with Gasteiger partial charge in [0.1, 0.15) is 5.82 Å². The van der Waals surface area contributed by atoms with Crippen molar-refractivity contribution in [1.29, 1.82) is 0 Å². The number of hydrogen-bond acceptors (Lipinski definition) is 7. The van der Waals surface area contributed by atoms with Gasteiger partial charge >= 0.3 is 0 Å². The van der Waals surface area contributed by atoms with Crippen molar-refractivity contribution >= 4 is 11.0 Å². The van der Waals surface area contributed by atoms with Crippen LogP contribution in [0, 0.1) is 0 Å². The highest BCUT2D eigenvalue weighted by molar-refractivity contribution is 5.82. The molecule has 3 aliphatic carbocycles. The van der Waals surface area contributed by atoms with E-state index in [1.165, 1.54) is 33.4 Å². The summed E-state index contributed by atoms with van der Waals surface area (Å²) in [5.74, 6) is 4.71. The summed E-state index contributed by atoms with van der Waals surface area (Å²) in [7, 11) is 2.06. The van der Waals surface area contributed by atoms with Crippen molar-refractivity contribution in [3.63, 3.8) is 0 Å². The van der Waals surface area contributed by atoms with Gasteiger partial charge in [0.05, 0.1) is 11.0 Å². The lowest BCUT2D eigenvalue weighted by molar-refractivity contribution is 0.754. The summed E-state index contributed by atoms with van der Waals surface area (Å²) < 4.78 is 2.14. The first-order chi connectivity index (χ1) is 32.6. The molecular weight excluding hydrogens is 809 g/mol. The van der Waals surface area contributed by atoms with Gasteiger partial charge in [-0.15, -0.1) is 0 Å². The van der Waals surface area contributed by atoms with Gasteiger partial charge in [-0.05, 0) is 63.7 Å². The summed E-state index contributed by atoms with van der Waals surface area (Å²) in [5.41, 5.74) is 16.4. The molecule has 14 rings (SSSR count). The summed E-state index contributed by atoms with van der Waals surface area (Å²) in [6.07, 6.45) is 0. The van der Waals surface area contributed by atoms with Gasteiger partial charge in [-0.2, -0.15) is 0 Å². The fraction of sp³-hybridized carbons (Fsp3) is 0.0517. The SMILES string of the molecule is Cn1c(-c2cccc(-c3nc(-c4ccccc4)nc(-c4ccc5c(c4)C4c6ccccc6C5c5cc(-c6nc(-c7ccccc7)nc(-c7ccccc7)n6)ccc54)n3)c2)nc2ccccc21. The zero-order valence-electron chi connectivity index (χ0n) is 35.8. The van der Waals surface area contributed by atoms with Crippen LogP contribution in [0.3, 0.4) is 0 Å². The number of rotatable bonds is 7. The van der Waals surface area contributed by atoms with Gasteiger partial charge < -0.3 is 4.57 Å². The lowest BCUT2D eigenvalue weighted by atomic mass is 9.61. The molecule has 2 unspecified atom stereocenters. The van der Waals surface area contributed by atoms with E-state index in [-0.39, 0.29) is 11.8 Å². The number of aryl methyl sites for hydroxylation is 1. The zero-order chi connectivity index (χ0) is 43.7. The normalized spacial score (nSPS) is 14.4. The molecule has 0 fully saturated rings. The van der Waals surface area contributed by atoms with E-state index in [2.05, 4.69) is 115 Å². The highest BCUT2D eigenvalue weighted by Crippen LogP contribution is 2.56. The Morgan fingerprint density at radius 1 is 0.288 bits per heavy atom. The molecule has 0 saturated carbocycles. The first-order valence-electron chi connectivity index (χ1n) is 22.2. The van der Waals surface area contributed by atoms with Crippen molar-refractivity contribution in [3.8, 4) is 79.7 Å². The summed E-state index contributed by atoms with van der Waals surface area (Å²) >= 11 is 0. The molecule has 2 atom stereocenters. The van der Waals surface area contributed by atoms with Crippen LogP contribution in [0.25, 0.3) is 90.7 Å². The Morgan fingerprint density at radius 3 is 1.12 bits per heavy atom. The van der Waals surface area contributed by atoms with Crippen LogP contribution in [0.2, 0.25) is 0 Å². The summed E-state index contributed by atoms with van der Waals surface area (Å²) in [4.78, 5) is 35.6. The van der Waals surface area contributed by atoms with Crippen molar-refractivity contribution in [2.45, 2.75) is 11.8 Å². The van der Waals surface area contributed by atoms with E-state index >= 15 is 0 Å². The van der Waals surface area contributed by atoms with Crippen molar-refractivity contribution in [2.75, 3.05) is 0 Å². The average molecular weight is 847 g/mol. The molecule has 0 spiro atoms. The third-order valence-electron chi connectivity index (χ3n) is 13.1. The quantitative estimate of drug-likeness (QED) is 0.158. The topological polar surface area (TPSA) is 95.2 Å². The maximum absolute atomic E-state index is 5.23. The molecule has 3 heterocycles. The van der Waals surface area contributed by atoms with Gasteiger partial charge in [-0.25, -0.2) is 34.9 Å². The second-order valence-corrected chi connectivity index (χ2v) is 17.0. The number of hydrogen-bond donors (Lipinski definition) is 0. The van der Waals surface area contributed by atoms with Crippen molar-refractivity contribution < 1.29 is 0 Å². The van der Waals surface area contributed by atoms with Gasteiger partial charge in [0, 0.05) is 57.8 Å². The standard InChI is InChI=1S/C58H38N8/c1-66-49-27-14-13-26-48(49)59-58(66)41-23-15-22-38(32-41)55-61-54(37-20-9-4-10-21-37)64-57(65-55)40-29-31-45-47(34-40)51-43-25-12-11-24-42(43)50(45)46-33-39(28-30-44(46)51)56-62-52(35-16-5-2-6-17-35)60-53(63-56)36-18-7-3-8-19-36/h2-34,50-51H,1H3. The van der Waals surface area contributed by atoms with Crippen LogP contribution in [-0.4, -0.2) is 39.5 Å². The second kappa shape index (κ2) is 15.2. The van der Waals surface area contributed by atoms with Gasteiger partial charge in [0.15, 0.2) is 34.9 Å². The number of benzene rings is 8.